The average Bonchev–Trinajstić information content (AvgIpc) is 3.23. The maximum Gasteiger partial charge on any atom is 0.0897 e. The van der Waals surface area contributed by atoms with Crippen molar-refractivity contribution in [2.75, 3.05) is 19.8 Å². The second-order valence-corrected chi connectivity index (χ2v) is 6.48. The first-order valence-electron chi connectivity index (χ1n) is 8.71. The molecule has 3 heteroatoms. The summed E-state index contributed by atoms with van der Waals surface area (Å²) in [5.74, 6) is 0.943. The topological polar surface area (TPSA) is 41.5 Å². The second-order valence-electron chi connectivity index (χ2n) is 6.48. The molecule has 0 aliphatic heterocycles. The SMILES string of the molecule is CCCCCCCCOCC(O)CNC(C)CC1CC1. The van der Waals surface area contributed by atoms with Crippen molar-refractivity contribution in [3.63, 3.8) is 0 Å². The molecule has 0 bridgehead atoms. The zero-order valence-corrected chi connectivity index (χ0v) is 13.6. The van der Waals surface area contributed by atoms with Gasteiger partial charge >= 0.3 is 0 Å². The molecule has 0 saturated heterocycles. The van der Waals surface area contributed by atoms with Crippen molar-refractivity contribution in [1.82, 2.24) is 5.32 Å². The fourth-order valence-corrected chi connectivity index (χ4v) is 2.54. The summed E-state index contributed by atoms with van der Waals surface area (Å²) in [4.78, 5) is 0. The van der Waals surface area contributed by atoms with Gasteiger partial charge in [-0.05, 0) is 25.7 Å². The van der Waals surface area contributed by atoms with Crippen LogP contribution in [0.25, 0.3) is 0 Å². The Morgan fingerprint density at radius 3 is 2.55 bits per heavy atom. The summed E-state index contributed by atoms with van der Waals surface area (Å²) in [5.41, 5.74) is 0. The third-order valence-electron chi connectivity index (χ3n) is 4.04. The smallest absolute Gasteiger partial charge is 0.0897 e. The molecule has 0 radical (unpaired) electrons. The highest BCUT2D eigenvalue weighted by Crippen LogP contribution is 2.33. The van der Waals surface area contributed by atoms with Crippen molar-refractivity contribution in [2.45, 2.75) is 83.8 Å². The van der Waals surface area contributed by atoms with E-state index in [1.165, 1.54) is 51.4 Å². The summed E-state index contributed by atoms with van der Waals surface area (Å²) < 4.78 is 5.54. The summed E-state index contributed by atoms with van der Waals surface area (Å²) in [6.45, 7) is 6.37. The highest BCUT2D eigenvalue weighted by Gasteiger charge is 2.23. The monoisotopic (exact) mass is 285 g/mol. The van der Waals surface area contributed by atoms with Crippen molar-refractivity contribution < 1.29 is 9.84 Å². The Hall–Kier alpha value is -0.120. The lowest BCUT2D eigenvalue weighted by Gasteiger charge is -2.17. The van der Waals surface area contributed by atoms with Crippen LogP contribution in [0, 0.1) is 5.92 Å². The van der Waals surface area contributed by atoms with Gasteiger partial charge in [0.05, 0.1) is 12.7 Å². The predicted molar refractivity (Wildman–Crippen MR) is 85.0 cm³/mol. The lowest BCUT2D eigenvalue weighted by Crippen LogP contribution is -2.36. The van der Waals surface area contributed by atoms with E-state index in [4.69, 9.17) is 4.74 Å². The van der Waals surface area contributed by atoms with Gasteiger partial charge in [-0.2, -0.15) is 0 Å². The molecule has 2 atom stereocenters. The maximum atomic E-state index is 9.83. The van der Waals surface area contributed by atoms with E-state index in [1.54, 1.807) is 0 Å². The van der Waals surface area contributed by atoms with Gasteiger partial charge < -0.3 is 15.2 Å². The number of hydrogen-bond donors (Lipinski definition) is 2. The predicted octanol–water partition coefficient (Wildman–Crippen LogP) is 3.50. The standard InChI is InChI=1S/C17H35NO2/c1-3-4-5-6-7-8-11-20-14-17(19)13-18-15(2)12-16-9-10-16/h15-19H,3-14H2,1-2H3. The van der Waals surface area contributed by atoms with E-state index in [0.717, 1.165) is 18.9 Å². The molecule has 120 valence electrons. The van der Waals surface area contributed by atoms with Gasteiger partial charge in [-0.25, -0.2) is 0 Å². The van der Waals surface area contributed by atoms with Crippen molar-refractivity contribution >= 4 is 0 Å². The van der Waals surface area contributed by atoms with Gasteiger partial charge in [-0.1, -0.05) is 51.9 Å². The number of aliphatic hydroxyl groups is 1. The molecule has 0 aromatic carbocycles. The summed E-state index contributed by atoms with van der Waals surface area (Å²) in [5, 5.41) is 13.2. The minimum Gasteiger partial charge on any atom is -0.389 e. The van der Waals surface area contributed by atoms with Crippen molar-refractivity contribution in [3.8, 4) is 0 Å². The maximum absolute atomic E-state index is 9.83. The van der Waals surface area contributed by atoms with E-state index in [1.807, 2.05) is 0 Å². The van der Waals surface area contributed by atoms with Gasteiger partial charge in [-0.3, -0.25) is 0 Å². The summed E-state index contributed by atoms with van der Waals surface area (Å²) >= 11 is 0. The summed E-state index contributed by atoms with van der Waals surface area (Å²) in [6.07, 6.45) is 11.4. The van der Waals surface area contributed by atoms with Crippen LogP contribution in [0.4, 0.5) is 0 Å². The molecule has 2 N–H and O–H groups in total. The highest BCUT2D eigenvalue weighted by atomic mass is 16.5. The summed E-state index contributed by atoms with van der Waals surface area (Å²) in [7, 11) is 0. The fourth-order valence-electron chi connectivity index (χ4n) is 2.54. The third kappa shape index (κ3) is 10.6. The van der Waals surface area contributed by atoms with E-state index in [9.17, 15) is 5.11 Å². The van der Waals surface area contributed by atoms with Crippen LogP contribution in [0.5, 0.6) is 0 Å². The van der Waals surface area contributed by atoms with Crippen molar-refractivity contribution in [1.29, 1.82) is 0 Å². The molecular formula is C17H35NO2. The molecule has 20 heavy (non-hydrogen) atoms. The van der Waals surface area contributed by atoms with Crippen LogP contribution in [0.3, 0.4) is 0 Å². The number of unbranched alkanes of at least 4 members (excludes halogenated alkanes) is 5. The molecular weight excluding hydrogens is 250 g/mol. The molecule has 2 unspecified atom stereocenters. The Bertz CT molecular complexity index is 219. The highest BCUT2D eigenvalue weighted by molar-refractivity contribution is 4.78. The molecule has 1 aliphatic carbocycles. The van der Waals surface area contributed by atoms with Crippen LogP contribution in [0.1, 0.15) is 71.6 Å². The van der Waals surface area contributed by atoms with Gasteiger partial charge in [0.1, 0.15) is 0 Å². The Labute approximate surface area is 125 Å². The number of rotatable bonds is 14. The molecule has 0 heterocycles. The molecule has 3 nitrogen and oxygen atoms in total. The second kappa shape index (κ2) is 11.5. The number of nitrogens with one attached hydrogen (secondary N) is 1. The van der Waals surface area contributed by atoms with Crippen LogP contribution in [-0.2, 0) is 4.74 Å². The van der Waals surface area contributed by atoms with Crippen LogP contribution in [-0.4, -0.2) is 37.0 Å². The van der Waals surface area contributed by atoms with E-state index < -0.39 is 0 Å². The molecule has 1 aliphatic rings. The minimum absolute atomic E-state index is 0.364. The normalized spacial score (nSPS) is 18.1. The zero-order chi connectivity index (χ0) is 14.6. The summed E-state index contributed by atoms with van der Waals surface area (Å²) in [6, 6.07) is 0.524. The first-order valence-corrected chi connectivity index (χ1v) is 8.71. The Morgan fingerprint density at radius 2 is 1.85 bits per heavy atom. The molecule has 0 amide bonds. The first-order chi connectivity index (χ1) is 9.72. The van der Waals surface area contributed by atoms with Gasteiger partial charge in [0.2, 0.25) is 0 Å². The van der Waals surface area contributed by atoms with Gasteiger partial charge in [0.25, 0.3) is 0 Å². The number of ether oxygens (including phenoxy) is 1. The lowest BCUT2D eigenvalue weighted by atomic mass is 10.1. The largest absolute Gasteiger partial charge is 0.389 e. The molecule has 0 aromatic heterocycles. The van der Waals surface area contributed by atoms with Gasteiger partial charge in [0.15, 0.2) is 0 Å². The van der Waals surface area contributed by atoms with Gasteiger partial charge in [0, 0.05) is 19.2 Å². The molecule has 0 aromatic rings. The fraction of sp³-hybridized carbons (Fsp3) is 1.00. The van der Waals surface area contributed by atoms with E-state index in [-0.39, 0.29) is 6.10 Å². The number of aliphatic hydroxyl groups excluding tert-OH is 1. The van der Waals surface area contributed by atoms with E-state index in [2.05, 4.69) is 19.2 Å². The van der Waals surface area contributed by atoms with Crippen LogP contribution < -0.4 is 5.32 Å². The Balaban J connectivity index is 1.80. The average molecular weight is 285 g/mol. The molecule has 1 saturated carbocycles. The Morgan fingerprint density at radius 1 is 1.15 bits per heavy atom. The van der Waals surface area contributed by atoms with Crippen LogP contribution >= 0.6 is 0 Å². The Kier molecular flexibility index (Phi) is 10.3. The molecule has 1 fully saturated rings. The van der Waals surface area contributed by atoms with Crippen molar-refractivity contribution in [2.24, 2.45) is 5.92 Å². The number of hydrogen-bond acceptors (Lipinski definition) is 3. The van der Waals surface area contributed by atoms with Gasteiger partial charge in [-0.15, -0.1) is 0 Å². The molecule has 1 rings (SSSR count). The van der Waals surface area contributed by atoms with E-state index in [0.29, 0.717) is 19.2 Å². The van der Waals surface area contributed by atoms with E-state index >= 15 is 0 Å². The third-order valence-corrected chi connectivity index (χ3v) is 4.04. The first kappa shape index (κ1) is 17.9. The van der Waals surface area contributed by atoms with Crippen LogP contribution in [0.15, 0.2) is 0 Å². The quantitative estimate of drug-likeness (QED) is 0.480. The lowest BCUT2D eigenvalue weighted by molar-refractivity contribution is 0.0341. The van der Waals surface area contributed by atoms with Crippen LogP contribution in [0.2, 0.25) is 0 Å². The molecule has 0 spiro atoms. The minimum atomic E-state index is -0.364. The van der Waals surface area contributed by atoms with Crippen molar-refractivity contribution in [3.05, 3.63) is 0 Å². The zero-order valence-electron chi connectivity index (χ0n) is 13.6.